The number of aliphatic hydroxyl groups excluding tert-OH is 1. The monoisotopic (exact) mass is 559 g/mol. The number of aromatic nitrogens is 1. The standard InChI is InChI=1S/C28H21N3O8S/c1-2-37-18-8-9-19-22(14-18)40-28(29-19)30-24(15-3-6-17(7-4-15)31(35)36)23(26(33)27(30)34)25(32)16-5-10-20-21(13-16)39-12-11-38-20/h3-10,13-14,24,32H,2,11-12H2,1H3/t24-/m0/s1. The van der Waals surface area contributed by atoms with Gasteiger partial charge >= 0.3 is 5.91 Å². The summed E-state index contributed by atoms with van der Waals surface area (Å²) in [6.45, 7) is 3.06. The van der Waals surface area contributed by atoms with Gasteiger partial charge in [-0.05, 0) is 61.0 Å². The summed E-state index contributed by atoms with van der Waals surface area (Å²) in [5.41, 5.74) is 0.901. The van der Waals surface area contributed by atoms with Crippen molar-refractivity contribution in [1.29, 1.82) is 0 Å². The van der Waals surface area contributed by atoms with Crippen LogP contribution in [0.1, 0.15) is 24.1 Å². The molecule has 3 heterocycles. The fourth-order valence-electron chi connectivity index (χ4n) is 4.72. The summed E-state index contributed by atoms with van der Waals surface area (Å²) < 4.78 is 17.5. The van der Waals surface area contributed by atoms with Crippen LogP contribution in [0.4, 0.5) is 10.8 Å². The Hall–Kier alpha value is -4.97. The molecule has 2 aliphatic heterocycles. The van der Waals surface area contributed by atoms with Gasteiger partial charge in [-0.15, -0.1) is 0 Å². The summed E-state index contributed by atoms with van der Waals surface area (Å²) in [5.74, 6) is -0.681. The molecular weight excluding hydrogens is 538 g/mol. The molecule has 6 rings (SSSR count). The number of aliphatic hydroxyl groups is 1. The lowest BCUT2D eigenvalue weighted by molar-refractivity contribution is -0.384. The molecule has 0 aliphatic carbocycles. The van der Waals surface area contributed by atoms with Crippen LogP contribution in [0.5, 0.6) is 17.2 Å². The van der Waals surface area contributed by atoms with Gasteiger partial charge in [0.2, 0.25) is 0 Å². The molecule has 12 heteroatoms. The summed E-state index contributed by atoms with van der Waals surface area (Å²) in [5, 5.41) is 22.9. The zero-order valence-corrected chi connectivity index (χ0v) is 21.8. The van der Waals surface area contributed by atoms with E-state index in [4.69, 9.17) is 14.2 Å². The van der Waals surface area contributed by atoms with Crippen molar-refractivity contribution in [2.75, 3.05) is 24.7 Å². The number of anilines is 1. The second-order valence-electron chi connectivity index (χ2n) is 8.94. The molecule has 1 fully saturated rings. The number of non-ortho nitro benzene ring substituents is 1. The van der Waals surface area contributed by atoms with Gasteiger partial charge in [0.05, 0.1) is 33.4 Å². The normalized spacial score (nSPS) is 17.8. The fraction of sp³-hybridized carbons (Fsp3) is 0.179. The second-order valence-corrected chi connectivity index (χ2v) is 9.94. The van der Waals surface area contributed by atoms with Crippen molar-refractivity contribution in [3.63, 3.8) is 0 Å². The molecule has 1 amide bonds. The highest BCUT2D eigenvalue weighted by molar-refractivity contribution is 7.22. The van der Waals surface area contributed by atoms with Crippen LogP contribution in [-0.2, 0) is 9.59 Å². The van der Waals surface area contributed by atoms with Crippen molar-refractivity contribution in [2.45, 2.75) is 13.0 Å². The number of carbonyl (C=O) groups is 2. The molecule has 4 aromatic rings. The molecular formula is C28H21N3O8S. The van der Waals surface area contributed by atoms with Gasteiger partial charge in [0.1, 0.15) is 24.7 Å². The van der Waals surface area contributed by atoms with Gasteiger partial charge in [-0.3, -0.25) is 24.6 Å². The van der Waals surface area contributed by atoms with Crippen LogP contribution in [0.2, 0.25) is 0 Å². The Kier molecular flexibility index (Phi) is 6.31. The zero-order chi connectivity index (χ0) is 28.0. The van der Waals surface area contributed by atoms with Crippen molar-refractivity contribution >= 4 is 49.8 Å². The first kappa shape index (κ1) is 25.3. The predicted octanol–water partition coefficient (Wildman–Crippen LogP) is 5.00. The Balaban J connectivity index is 1.51. The lowest BCUT2D eigenvalue weighted by Gasteiger charge is -2.23. The highest BCUT2D eigenvalue weighted by atomic mass is 32.1. The number of rotatable bonds is 6. The van der Waals surface area contributed by atoms with Crippen molar-refractivity contribution < 1.29 is 33.8 Å². The van der Waals surface area contributed by atoms with Gasteiger partial charge in [0.25, 0.3) is 11.5 Å². The topological polar surface area (TPSA) is 141 Å². The maximum atomic E-state index is 13.5. The van der Waals surface area contributed by atoms with Gasteiger partial charge in [-0.2, -0.15) is 0 Å². The highest BCUT2D eigenvalue weighted by Gasteiger charge is 2.48. The Morgan fingerprint density at radius 3 is 2.58 bits per heavy atom. The van der Waals surface area contributed by atoms with Gasteiger partial charge in [-0.25, -0.2) is 4.98 Å². The van der Waals surface area contributed by atoms with Crippen LogP contribution >= 0.6 is 11.3 Å². The minimum absolute atomic E-state index is 0.157. The number of fused-ring (bicyclic) bond motifs is 2. The molecule has 11 nitrogen and oxygen atoms in total. The Morgan fingerprint density at radius 1 is 1.10 bits per heavy atom. The molecule has 0 spiro atoms. The zero-order valence-electron chi connectivity index (χ0n) is 21.0. The highest BCUT2D eigenvalue weighted by Crippen LogP contribution is 2.45. The first-order valence-corrected chi connectivity index (χ1v) is 13.2. The average Bonchev–Trinajstić information content (AvgIpc) is 3.50. The predicted molar refractivity (Wildman–Crippen MR) is 146 cm³/mol. The number of hydrogen-bond acceptors (Lipinski definition) is 10. The summed E-state index contributed by atoms with van der Waals surface area (Å²) >= 11 is 1.19. The molecule has 1 atom stereocenters. The van der Waals surface area contributed by atoms with Gasteiger partial charge < -0.3 is 19.3 Å². The van der Waals surface area contributed by atoms with E-state index in [1.807, 2.05) is 6.92 Å². The molecule has 1 aromatic heterocycles. The van der Waals surface area contributed by atoms with Gasteiger partial charge in [-0.1, -0.05) is 11.3 Å². The molecule has 40 heavy (non-hydrogen) atoms. The number of hydrogen-bond donors (Lipinski definition) is 1. The first-order chi connectivity index (χ1) is 19.4. The summed E-state index contributed by atoms with van der Waals surface area (Å²) in [4.78, 5) is 43.5. The molecule has 0 saturated carbocycles. The van der Waals surface area contributed by atoms with E-state index in [2.05, 4.69) is 4.98 Å². The van der Waals surface area contributed by atoms with E-state index in [0.29, 0.717) is 48.1 Å². The summed E-state index contributed by atoms with van der Waals surface area (Å²) in [6, 6.07) is 14.4. The van der Waals surface area contributed by atoms with Crippen molar-refractivity contribution in [3.05, 3.63) is 87.5 Å². The number of amides is 1. The van der Waals surface area contributed by atoms with E-state index in [9.17, 15) is 24.8 Å². The van der Waals surface area contributed by atoms with Crippen LogP contribution < -0.4 is 19.1 Å². The number of benzene rings is 3. The molecule has 1 saturated heterocycles. The number of nitro benzene ring substituents is 1. The van der Waals surface area contributed by atoms with E-state index in [0.717, 1.165) is 4.70 Å². The van der Waals surface area contributed by atoms with Gasteiger partial charge in [0, 0.05) is 17.7 Å². The van der Waals surface area contributed by atoms with Crippen LogP contribution in [0.3, 0.4) is 0 Å². The largest absolute Gasteiger partial charge is 0.507 e. The Morgan fingerprint density at radius 2 is 1.85 bits per heavy atom. The minimum atomic E-state index is -1.10. The first-order valence-electron chi connectivity index (χ1n) is 12.3. The number of Topliss-reactive ketones (excluding diaryl/α,β-unsaturated/α-hetero) is 1. The molecule has 0 bridgehead atoms. The van der Waals surface area contributed by atoms with Crippen molar-refractivity contribution in [2.24, 2.45) is 0 Å². The molecule has 0 radical (unpaired) electrons. The SMILES string of the molecule is CCOc1ccc2nc(N3C(=O)C(=O)C(=C(O)c4ccc5c(c4)OCCO5)[C@@H]3c3ccc([N+](=O)[O-])cc3)sc2c1. The van der Waals surface area contributed by atoms with E-state index >= 15 is 0 Å². The maximum absolute atomic E-state index is 13.5. The molecule has 0 unspecified atom stereocenters. The number of ketones is 1. The molecule has 1 N–H and O–H groups in total. The number of carbonyl (C=O) groups excluding carboxylic acids is 2. The average molecular weight is 560 g/mol. The quantitative estimate of drug-likeness (QED) is 0.114. The van der Waals surface area contributed by atoms with E-state index in [1.54, 1.807) is 30.3 Å². The number of ether oxygens (including phenoxy) is 3. The number of nitro groups is 1. The third-order valence-corrected chi connectivity index (χ3v) is 7.56. The number of nitrogens with zero attached hydrogens (tertiary/aromatic N) is 3. The van der Waals surface area contributed by atoms with E-state index in [-0.39, 0.29) is 22.0 Å². The Labute approximate surface area is 231 Å². The maximum Gasteiger partial charge on any atom is 0.301 e. The summed E-state index contributed by atoms with van der Waals surface area (Å²) in [7, 11) is 0. The smallest absolute Gasteiger partial charge is 0.301 e. The number of thiazole rings is 1. The lowest BCUT2D eigenvalue weighted by Crippen LogP contribution is -2.29. The second kappa shape index (κ2) is 9.97. The van der Waals surface area contributed by atoms with Crippen molar-refractivity contribution in [1.82, 2.24) is 4.98 Å². The lowest BCUT2D eigenvalue weighted by atomic mass is 9.95. The van der Waals surface area contributed by atoms with Crippen LogP contribution in [0.15, 0.2) is 66.2 Å². The minimum Gasteiger partial charge on any atom is -0.507 e. The third-order valence-electron chi connectivity index (χ3n) is 6.55. The Bertz CT molecular complexity index is 1710. The van der Waals surface area contributed by atoms with E-state index < -0.39 is 28.4 Å². The molecule has 2 aliphatic rings. The van der Waals surface area contributed by atoms with Gasteiger partial charge in [0.15, 0.2) is 16.6 Å². The van der Waals surface area contributed by atoms with Crippen LogP contribution in [0, 0.1) is 10.1 Å². The summed E-state index contributed by atoms with van der Waals surface area (Å²) in [6.07, 6.45) is 0. The van der Waals surface area contributed by atoms with Crippen LogP contribution in [-0.4, -0.2) is 46.5 Å². The third kappa shape index (κ3) is 4.28. The fourth-order valence-corrected chi connectivity index (χ4v) is 5.74. The molecule has 3 aromatic carbocycles. The van der Waals surface area contributed by atoms with Crippen molar-refractivity contribution in [3.8, 4) is 17.2 Å². The molecule has 202 valence electrons. The van der Waals surface area contributed by atoms with E-state index in [1.165, 1.54) is 46.6 Å². The van der Waals surface area contributed by atoms with Crippen LogP contribution in [0.25, 0.3) is 16.0 Å².